The number of pyridine rings is 1. The van der Waals surface area contributed by atoms with E-state index in [1.54, 1.807) is 12.1 Å². The lowest BCUT2D eigenvalue weighted by Gasteiger charge is -2.28. The molecule has 0 bridgehead atoms. The van der Waals surface area contributed by atoms with Gasteiger partial charge in [-0.15, -0.1) is 0 Å². The van der Waals surface area contributed by atoms with Crippen molar-refractivity contribution in [3.8, 4) is 0 Å². The smallest absolute Gasteiger partial charge is 0.475 e. The zero-order valence-electron chi connectivity index (χ0n) is 11.9. The molecule has 1 saturated heterocycles. The van der Waals surface area contributed by atoms with Crippen molar-refractivity contribution in [2.24, 2.45) is 5.73 Å². The van der Waals surface area contributed by atoms with Gasteiger partial charge in [0, 0.05) is 25.3 Å². The van der Waals surface area contributed by atoms with Crippen molar-refractivity contribution < 1.29 is 31.5 Å². The lowest BCUT2D eigenvalue weighted by atomic mass is 10.1. The van der Waals surface area contributed by atoms with Crippen LogP contribution in [0.25, 0.3) is 0 Å². The van der Waals surface area contributed by atoms with Crippen molar-refractivity contribution in [3.63, 3.8) is 0 Å². The highest BCUT2D eigenvalue weighted by Gasteiger charge is 2.38. The zero-order valence-corrected chi connectivity index (χ0v) is 12.7. The largest absolute Gasteiger partial charge is 0.490 e. The number of aliphatic carboxylic acids is 1. The lowest BCUT2D eigenvalue weighted by molar-refractivity contribution is -0.192. The molecule has 0 radical (unpaired) electrons. The molecule has 7 nitrogen and oxygen atoms in total. The minimum absolute atomic E-state index is 0.116. The molecule has 23 heavy (non-hydrogen) atoms. The summed E-state index contributed by atoms with van der Waals surface area (Å²) in [6.45, 7) is 0.972. The van der Waals surface area contributed by atoms with E-state index in [9.17, 15) is 21.6 Å². The van der Waals surface area contributed by atoms with Crippen molar-refractivity contribution in [1.29, 1.82) is 0 Å². The van der Waals surface area contributed by atoms with Gasteiger partial charge in [-0.3, -0.25) is 0 Å². The molecule has 2 rings (SSSR count). The Kier molecular flexibility index (Phi) is 6.47. The summed E-state index contributed by atoms with van der Waals surface area (Å²) < 4.78 is 57.4. The van der Waals surface area contributed by atoms with E-state index in [0.29, 0.717) is 25.9 Å². The number of piperidine rings is 1. The molecule has 0 amide bonds. The van der Waals surface area contributed by atoms with Gasteiger partial charge in [0.05, 0.1) is 0 Å². The maximum absolute atomic E-state index is 12.1. The average Bonchev–Trinajstić information content (AvgIpc) is 2.48. The number of rotatable bonds is 2. The number of hydrogen-bond acceptors (Lipinski definition) is 5. The minimum Gasteiger partial charge on any atom is -0.475 e. The Balaban J connectivity index is 0.000000322. The van der Waals surface area contributed by atoms with E-state index >= 15 is 0 Å². The molecule has 0 saturated carbocycles. The summed E-state index contributed by atoms with van der Waals surface area (Å²) in [5.41, 5.74) is 5.74. The van der Waals surface area contributed by atoms with Crippen LogP contribution >= 0.6 is 0 Å². The lowest BCUT2D eigenvalue weighted by Crippen LogP contribution is -2.42. The topological polar surface area (TPSA) is 114 Å². The van der Waals surface area contributed by atoms with Gasteiger partial charge in [-0.1, -0.05) is 6.07 Å². The van der Waals surface area contributed by atoms with Crippen LogP contribution in [-0.2, 0) is 14.8 Å². The van der Waals surface area contributed by atoms with Crippen molar-refractivity contribution in [1.82, 2.24) is 9.29 Å². The van der Waals surface area contributed by atoms with Gasteiger partial charge in [0.1, 0.15) is 0 Å². The summed E-state index contributed by atoms with van der Waals surface area (Å²) in [5, 5.41) is 7.24. The van der Waals surface area contributed by atoms with Gasteiger partial charge in [0.15, 0.2) is 5.03 Å². The maximum Gasteiger partial charge on any atom is 0.490 e. The third-order valence-corrected chi connectivity index (χ3v) is 4.80. The number of carboxylic acids is 1. The normalized spacial score (nSPS) is 17.2. The molecule has 1 fully saturated rings. The molecule has 0 unspecified atom stereocenters. The first-order valence-electron chi connectivity index (χ1n) is 6.52. The van der Waals surface area contributed by atoms with Crippen LogP contribution in [0.3, 0.4) is 0 Å². The van der Waals surface area contributed by atoms with Crippen LogP contribution in [0.2, 0.25) is 0 Å². The third-order valence-electron chi connectivity index (χ3n) is 2.98. The molecule has 11 heteroatoms. The zero-order chi connectivity index (χ0) is 17.7. The number of aromatic nitrogens is 1. The predicted molar refractivity (Wildman–Crippen MR) is 73.9 cm³/mol. The average molecular weight is 355 g/mol. The van der Waals surface area contributed by atoms with E-state index in [1.165, 1.54) is 16.6 Å². The van der Waals surface area contributed by atoms with Gasteiger partial charge >= 0.3 is 12.1 Å². The molecule has 130 valence electrons. The van der Waals surface area contributed by atoms with E-state index in [-0.39, 0.29) is 11.1 Å². The summed E-state index contributed by atoms with van der Waals surface area (Å²) in [6.07, 6.45) is -2.17. The minimum atomic E-state index is -5.08. The standard InChI is InChI=1S/C10H15N3O2S.C2HF3O2/c11-9-4-7-13(8-5-9)16(14,15)10-3-1-2-6-12-10;3-2(4,5)1(6)7/h1-3,6,9H,4-5,7-8,11H2;(H,6,7). The second kappa shape index (κ2) is 7.70. The van der Waals surface area contributed by atoms with Crippen molar-refractivity contribution in [2.45, 2.75) is 30.1 Å². The van der Waals surface area contributed by atoms with Crippen molar-refractivity contribution >= 4 is 16.0 Å². The van der Waals surface area contributed by atoms with E-state index < -0.39 is 22.2 Å². The van der Waals surface area contributed by atoms with Crippen LogP contribution in [0.4, 0.5) is 13.2 Å². The number of hydrogen-bond donors (Lipinski definition) is 2. The molecule has 1 aromatic heterocycles. The van der Waals surface area contributed by atoms with Crippen molar-refractivity contribution in [2.75, 3.05) is 13.1 Å². The number of halogens is 3. The molecule has 0 atom stereocenters. The fraction of sp³-hybridized carbons (Fsp3) is 0.500. The van der Waals surface area contributed by atoms with E-state index in [4.69, 9.17) is 15.6 Å². The molecule has 1 aliphatic rings. The Hall–Kier alpha value is -1.72. The Bertz CT molecular complexity index is 614. The quantitative estimate of drug-likeness (QED) is 0.812. The third kappa shape index (κ3) is 5.77. The van der Waals surface area contributed by atoms with Crippen LogP contribution in [0.15, 0.2) is 29.4 Å². The molecule has 0 aliphatic carbocycles. The second-order valence-electron chi connectivity index (χ2n) is 4.71. The summed E-state index contributed by atoms with van der Waals surface area (Å²) in [5.74, 6) is -2.76. The molecule has 0 aromatic carbocycles. The summed E-state index contributed by atoms with van der Waals surface area (Å²) in [6, 6.07) is 5.01. The van der Waals surface area contributed by atoms with Crippen LogP contribution in [0, 0.1) is 0 Å². The van der Waals surface area contributed by atoms with Crippen LogP contribution in [0.5, 0.6) is 0 Å². The van der Waals surface area contributed by atoms with Crippen molar-refractivity contribution in [3.05, 3.63) is 24.4 Å². The first-order valence-corrected chi connectivity index (χ1v) is 7.96. The van der Waals surface area contributed by atoms with Gasteiger partial charge in [0.2, 0.25) is 0 Å². The fourth-order valence-corrected chi connectivity index (χ4v) is 3.15. The number of alkyl halides is 3. The Labute approximate surface area is 131 Å². The number of carboxylic acid groups (broad SMARTS) is 1. The van der Waals surface area contributed by atoms with Crippen LogP contribution in [-0.4, -0.2) is 54.1 Å². The summed E-state index contributed by atoms with van der Waals surface area (Å²) in [4.78, 5) is 12.8. The summed E-state index contributed by atoms with van der Waals surface area (Å²) >= 11 is 0. The number of carbonyl (C=O) groups is 1. The van der Waals surface area contributed by atoms with Gasteiger partial charge in [0.25, 0.3) is 10.0 Å². The molecule has 0 spiro atoms. The highest BCUT2D eigenvalue weighted by atomic mass is 32.2. The van der Waals surface area contributed by atoms with Gasteiger partial charge in [-0.2, -0.15) is 17.5 Å². The highest BCUT2D eigenvalue weighted by Crippen LogP contribution is 2.18. The van der Waals surface area contributed by atoms with Gasteiger partial charge < -0.3 is 10.8 Å². The molecule has 1 aromatic rings. The number of nitrogens with zero attached hydrogens (tertiary/aromatic N) is 2. The number of nitrogens with two attached hydrogens (primary N) is 1. The van der Waals surface area contributed by atoms with Gasteiger partial charge in [-0.25, -0.2) is 18.2 Å². The van der Waals surface area contributed by atoms with Crippen LogP contribution < -0.4 is 5.73 Å². The van der Waals surface area contributed by atoms with E-state index in [2.05, 4.69) is 4.98 Å². The summed E-state index contributed by atoms with van der Waals surface area (Å²) in [7, 11) is -3.42. The molecular formula is C12H16F3N3O4S. The predicted octanol–water partition coefficient (Wildman–Crippen LogP) is 0.827. The second-order valence-corrected chi connectivity index (χ2v) is 6.60. The monoisotopic (exact) mass is 355 g/mol. The molecular weight excluding hydrogens is 339 g/mol. The maximum atomic E-state index is 12.1. The van der Waals surface area contributed by atoms with E-state index in [1.807, 2.05) is 0 Å². The Morgan fingerprint density at radius 2 is 1.83 bits per heavy atom. The highest BCUT2D eigenvalue weighted by molar-refractivity contribution is 7.89. The SMILES string of the molecule is NC1CCN(S(=O)(=O)c2ccccn2)CC1.O=C(O)C(F)(F)F. The number of sulfonamides is 1. The molecule has 3 N–H and O–H groups in total. The van der Waals surface area contributed by atoms with Crippen LogP contribution in [0.1, 0.15) is 12.8 Å². The molecule has 1 aliphatic heterocycles. The first-order chi connectivity index (χ1) is 10.5. The fourth-order valence-electron chi connectivity index (χ4n) is 1.75. The first kappa shape index (κ1) is 19.3. The Morgan fingerprint density at radius 3 is 2.22 bits per heavy atom. The Morgan fingerprint density at radius 1 is 1.30 bits per heavy atom. The van der Waals surface area contributed by atoms with E-state index in [0.717, 1.165) is 0 Å². The van der Waals surface area contributed by atoms with Gasteiger partial charge in [-0.05, 0) is 25.0 Å². The molecule has 2 heterocycles.